The minimum Gasteiger partial charge on any atom is -0.489 e. The summed E-state index contributed by atoms with van der Waals surface area (Å²) in [4.78, 5) is 13.2. The van der Waals surface area contributed by atoms with Crippen molar-refractivity contribution in [2.45, 2.75) is 6.54 Å². The largest absolute Gasteiger partial charge is 0.489 e. The lowest BCUT2D eigenvalue weighted by Gasteiger charge is -2.35. The summed E-state index contributed by atoms with van der Waals surface area (Å²) < 4.78 is 5.74. The Labute approximate surface area is 137 Å². The minimum atomic E-state index is 0.539. The number of aromatic nitrogens is 2. The van der Waals surface area contributed by atoms with Crippen molar-refractivity contribution in [3.63, 3.8) is 0 Å². The van der Waals surface area contributed by atoms with Crippen molar-refractivity contribution in [3.05, 3.63) is 61.1 Å². The molecule has 0 unspecified atom stereocenters. The van der Waals surface area contributed by atoms with Gasteiger partial charge >= 0.3 is 0 Å². The second-order valence-corrected chi connectivity index (χ2v) is 5.53. The van der Waals surface area contributed by atoms with Crippen LogP contribution in [0.1, 0.15) is 5.56 Å². The first-order valence-electron chi connectivity index (χ1n) is 7.92. The molecule has 0 saturated carbocycles. The van der Waals surface area contributed by atoms with Gasteiger partial charge in [-0.25, -0.2) is 4.98 Å². The molecule has 5 heteroatoms. The van der Waals surface area contributed by atoms with Gasteiger partial charge in [0.2, 0.25) is 0 Å². The van der Waals surface area contributed by atoms with Gasteiger partial charge in [0, 0.05) is 50.7 Å². The molecule has 1 aliphatic rings. The first kappa shape index (κ1) is 15.5. The molecule has 0 atom stereocenters. The van der Waals surface area contributed by atoms with E-state index in [-0.39, 0.29) is 0 Å². The maximum atomic E-state index is 5.74. The van der Waals surface area contributed by atoms with E-state index in [1.807, 2.05) is 18.3 Å². The van der Waals surface area contributed by atoms with E-state index in [2.05, 4.69) is 38.5 Å². The molecule has 2 heterocycles. The van der Waals surface area contributed by atoms with E-state index in [1.165, 1.54) is 5.56 Å². The summed E-state index contributed by atoms with van der Waals surface area (Å²) >= 11 is 0. The Morgan fingerprint density at radius 2 is 1.96 bits per heavy atom. The molecule has 0 spiro atoms. The highest BCUT2D eigenvalue weighted by molar-refractivity contribution is 5.36. The Kier molecular flexibility index (Phi) is 5.21. The summed E-state index contributed by atoms with van der Waals surface area (Å²) in [5.41, 5.74) is 1.22. The average Bonchev–Trinajstić information content (AvgIpc) is 2.62. The molecule has 5 nitrogen and oxygen atoms in total. The Hall–Kier alpha value is -2.40. The van der Waals surface area contributed by atoms with Gasteiger partial charge < -0.3 is 9.64 Å². The van der Waals surface area contributed by atoms with Crippen LogP contribution in [0, 0.1) is 0 Å². The minimum absolute atomic E-state index is 0.539. The third-order valence-electron chi connectivity index (χ3n) is 3.97. The SMILES string of the molecule is C=CCOc1ccccc1CN1CCN(c2cnccn2)CC1. The number of anilines is 1. The standard InChI is InChI=1S/C18H22N4O/c1-2-13-23-17-6-4-3-5-16(17)15-21-9-11-22(12-10-21)18-14-19-7-8-20-18/h2-8,14H,1,9-13,15H2. The van der Waals surface area contributed by atoms with Crippen LogP contribution in [0.15, 0.2) is 55.5 Å². The van der Waals surface area contributed by atoms with Crippen LogP contribution >= 0.6 is 0 Å². The van der Waals surface area contributed by atoms with Crippen LogP contribution in [0.5, 0.6) is 5.75 Å². The first-order valence-corrected chi connectivity index (χ1v) is 7.92. The van der Waals surface area contributed by atoms with Crippen LogP contribution < -0.4 is 9.64 Å². The second-order valence-electron chi connectivity index (χ2n) is 5.53. The van der Waals surface area contributed by atoms with E-state index in [0.29, 0.717) is 6.61 Å². The van der Waals surface area contributed by atoms with Crippen LogP contribution in [-0.4, -0.2) is 47.7 Å². The number of rotatable bonds is 6. The molecule has 1 fully saturated rings. The number of ether oxygens (including phenoxy) is 1. The molecule has 3 rings (SSSR count). The normalized spacial score (nSPS) is 15.4. The monoisotopic (exact) mass is 310 g/mol. The van der Waals surface area contributed by atoms with E-state index < -0.39 is 0 Å². The Balaban J connectivity index is 1.58. The predicted octanol–water partition coefficient (Wildman–Crippen LogP) is 2.36. The summed E-state index contributed by atoms with van der Waals surface area (Å²) in [6.07, 6.45) is 7.05. The van der Waals surface area contributed by atoms with E-state index in [1.54, 1.807) is 18.5 Å². The molecule has 120 valence electrons. The number of nitrogens with zero attached hydrogens (tertiary/aromatic N) is 4. The van der Waals surface area contributed by atoms with Crippen molar-refractivity contribution in [2.24, 2.45) is 0 Å². The smallest absolute Gasteiger partial charge is 0.147 e. The van der Waals surface area contributed by atoms with Gasteiger partial charge in [-0.05, 0) is 6.07 Å². The Morgan fingerprint density at radius 3 is 2.70 bits per heavy atom. The maximum Gasteiger partial charge on any atom is 0.147 e. The van der Waals surface area contributed by atoms with E-state index >= 15 is 0 Å². The molecule has 1 aromatic heterocycles. The number of hydrogen-bond acceptors (Lipinski definition) is 5. The lowest BCUT2D eigenvalue weighted by molar-refractivity contribution is 0.244. The fourth-order valence-electron chi connectivity index (χ4n) is 2.75. The van der Waals surface area contributed by atoms with Crippen LogP contribution in [0.2, 0.25) is 0 Å². The van der Waals surface area contributed by atoms with Gasteiger partial charge in [0.25, 0.3) is 0 Å². The van der Waals surface area contributed by atoms with Gasteiger partial charge in [0.15, 0.2) is 0 Å². The fraction of sp³-hybridized carbons (Fsp3) is 0.333. The molecule has 0 amide bonds. The van der Waals surface area contributed by atoms with Crippen LogP contribution in [0.4, 0.5) is 5.82 Å². The van der Waals surface area contributed by atoms with E-state index in [4.69, 9.17) is 4.74 Å². The lowest BCUT2D eigenvalue weighted by Crippen LogP contribution is -2.46. The highest BCUT2D eigenvalue weighted by Gasteiger charge is 2.19. The van der Waals surface area contributed by atoms with Gasteiger partial charge in [-0.3, -0.25) is 9.88 Å². The van der Waals surface area contributed by atoms with Crippen LogP contribution in [0.3, 0.4) is 0 Å². The zero-order valence-electron chi connectivity index (χ0n) is 13.3. The van der Waals surface area contributed by atoms with Crippen molar-refractivity contribution in [2.75, 3.05) is 37.7 Å². The Bertz CT molecular complexity index is 624. The van der Waals surface area contributed by atoms with Gasteiger partial charge in [-0.1, -0.05) is 30.9 Å². The first-order chi connectivity index (χ1) is 11.4. The van der Waals surface area contributed by atoms with Crippen molar-refractivity contribution >= 4 is 5.82 Å². The van der Waals surface area contributed by atoms with Gasteiger partial charge in [0.1, 0.15) is 18.2 Å². The molecule has 0 bridgehead atoms. The van der Waals surface area contributed by atoms with Gasteiger partial charge in [0.05, 0.1) is 6.20 Å². The number of benzene rings is 1. The van der Waals surface area contributed by atoms with E-state index in [0.717, 1.165) is 44.3 Å². The Morgan fingerprint density at radius 1 is 1.13 bits per heavy atom. The van der Waals surface area contributed by atoms with Crippen molar-refractivity contribution in [1.29, 1.82) is 0 Å². The maximum absolute atomic E-state index is 5.74. The molecular formula is C18H22N4O. The summed E-state index contributed by atoms with van der Waals surface area (Å²) in [6.45, 7) is 9.10. The summed E-state index contributed by atoms with van der Waals surface area (Å²) in [7, 11) is 0. The fourth-order valence-corrected chi connectivity index (χ4v) is 2.75. The van der Waals surface area contributed by atoms with Crippen LogP contribution in [-0.2, 0) is 6.54 Å². The molecule has 1 saturated heterocycles. The van der Waals surface area contributed by atoms with Crippen molar-refractivity contribution in [1.82, 2.24) is 14.9 Å². The summed E-state index contributed by atoms with van der Waals surface area (Å²) in [6, 6.07) is 8.22. The van der Waals surface area contributed by atoms with Crippen molar-refractivity contribution < 1.29 is 4.74 Å². The molecule has 0 aliphatic carbocycles. The number of hydrogen-bond donors (Lipinski definition) is 0. The molecule has 0 radical (unpaired) electrons. The third kappa shape index (κ3) is 4.07. The quantitative estimate of drug-likeness (QED) is 0.766. The predicted molar refractivity (Wildman–Crippen MR) is 91.7 cm³/mol. The van der Waals surface area contributed by atoms with Gasteiger partial charge in [-0.2, -0.15) is 0 Å². The zero-order chi connectivity index (χ0) is 15.9. The molecule has 1 aromatic carbocycles. The second kappa shape index (κ2) is 7.74. The lowest BCUT2D eigenvalue weighted by atomic mass is 10.1. The highest BCUT2D eigenvalue weighted by Crippen LogP contribution is 2.21. The number of piperazine rings is 1. The number of para-hydroxylation sites is 1. The summed E-state index contributed by atoms with van der Waals surface area (Å²) in [5.74, 6) is 1.91. The third-order valence-corrected chi connectivity index (χ3v) is 3.97. The molecule has 0 N–H and O–H groups in total. The molecular weight excluding hydrogens is 288 g/mol. The van der Waals surface area contributed by atoms with Crippen LogP contribution in [0.25, 0.3) is 0 Å². The summed E-state index contributed by atoms with van der Waals surface area (Å²) in [5, 5.41) is 0. The topological polar surface area (TPSA) is 41.5 Å². The molecule has 23 heavy (non-hydrogen) atoms. The van der Waals surface area contributed by atoms with Crippen molar-refractivity contribution in [3.8, 4) is 5.75 Å². The average molecular weight is 310 g/mol. The van der Waals surface area contributed by atoms with Gasteiger partial charge in [-0.15, -0.1) is 0 Å². The molecule has 2 aromatic rings. The molecule has 1 aliphatic heterocycles. The highest BCUT2D eigenvalue weighted by atomic mass is 16.5. The van der Waals surface area contributed by atoms with E-state index in [9.17, 15) is 0 Å². The zero-order valence-corrected chi connectivity index (χ0v) is 13.3.